The van der Waals surface area contributed by atoms with Crippen LogP contribution in [0.3, 0.4) is 0 Å². The van der Waals surface area contributed by atoms with E-state index in [-0.39, 0.29) is 0 Å². The monoisotopic (exact) mass is 255 g/mol. The largest absolute Gasteiger partial charge is 0.335 e. The van der Waals surface area contributed by atoms with Crippen molar-refractivity contribution in [2.45, 2.75) is 38.8 Å². The average Bonchev–Trinajstić information content (AvgIpc) is 2.87. The van der Waals surface area contributed by atoms with E-state index in [4.69, 9.17) is 0 Å². The summed E-state index contributed by atoms with van der Waals surface area (Å²) in [6.45, 7) is 4.33. The van der Waals surface area contributed by atoms with Crippen LogP contribution in [0.25, 0.3) is 0 Å². The second-order valence-corrected chi connectivity index (χ2v) is 5.20. The van der Waals surface area contributed by atoms with E-state index in [0.29, 0.717) is 6.04 Å². The van der Waals surface area contributed by atoms with E-state index >= 15 is 0 Å². The Balaban J connectivity index is 1.82. The third-order valence-electron chi connectivity index (χ3n) is 3.87. The number of hydrogen-bond acceptors (Lipinski definition) is 2. The van der Waals surface area contributed by atoms with Crippen LogP contribution in [-0.2, 0) is 19.4 Å². The second kappa shape index (κ2) is 5.57. The van der Waals surface area contributed by atoms with E-state index in [9.17, 15) is 0 Å². The SMILES string of the molecule is CCCn1ccnc1CC1NCCc2ccccc21. The van der Waals surface area contributed by atoms with E-state index in [2.05, 4.69) is 52.3 Å². The summed E-state index contributed by atoms with van der Waals surface area (Å²) in [6.07, 6.45) is 7.27. The molecule has 1 aliphatic rings. The highest BCUT2D eigenvalue weighted by atomic mass is 15.1. The molecular formula is C16H21N3. The van der Waals surface area contributed by atoms with Crippen LogP contribution in [-0.4, -0.2) is 16.1 Å². The van der Waals surface area contributed by atoms with Gasteiger partial charge in [-0.2, -0.15) is 0 Å². The fourth-order valence-electron chi connectivity index (χ4n) is 2.93. The van der Waals surface area contributed by atoms with E-state index < -0.39 is 0 Å². The fraction of sp³-hybridized carbons (Fsp3) is 0.438. The Bertz CT molecular complexity index is 544. The summed E-state index contributed by atoms with van der Waals surface area (Å²) in [5, 5.41) is 3.63. The van der Waals surface area contributed by atoms with Gasteiger partial charge in [0.1, 0.15) is 5.82 Å². The van der Waals surface area contributed by atoms with Gasteiger partial charge in [0, 0.05) is 31.4 Å². The number of nitrogens with zero attached hydrogens (tertiary/aromatic N) is 2. The van der Waals surface area contributed by atoms with Gasteiger partial charge in [0.15, 0.2) is 0 Å². The van der Waals surface area contributed by atoms with Crippen LogP contribution < -0.4 is 5.32 Å². The van der Waals surface area contributed by atoms with Crippen molar-refractivity contribution in [2.75, 3.05) is 6.54 Å². The van der Waals surface area contributed by atoms with Gasteiger partial charge in [0.05, 0.1) is 0 Å². The Labute approximate surface area is 114 Å². The van der Waals surface area contributed by atoms with Crippen molar-refractivity contribution in [3.8, 4) is 0 Å². The smallest absolute Gasteiger partial charge is 0.110 e. The maximum atomic E-state index is 4.52. The molecule has 2 aromatic rings. The molecule has 0 fully saturated rings. The first-order chi connectivity index (χ1) is 9.38. The van der Waals surface area contributed by atoms with Crippen LogP contribution in [0, 0.1) is 0 Å². The quantitative estimate of drug-likeness (QED) is 0.910. The van der Waals surface area contributed by atoms with Crippen molar-refractivity contribution in [1.82, 2.24) is 14.9 Å². The molecule has 0 saturated heterocycles. The van der Waals surface area contributed by atoms with E-state index in [1.807, 2.05) is 6.20 Å². The maximum absolute atomic E-state index is 4.52. The molecule has 0 spiro atoms. The zero-order valence-electron chi connectivity index (χ0n) is 11.5. The Kier molecular flexibility index (Phi) is 3.65. The minimum absolute atomic E-state index is 0.406. The van der Waals surface area contributed by atoms with Crippen molar-refractivity contribution in [3.05, 3.63) is 53.6 Å². The molecule has 0 bridgehead atoms. The Morgan fingerprint density at radius 3 is 3.16 bits per heavy atom. The molecule has 0 amide bonds. The number of hydrogen-bond donors (Lipinski definition) is 1. The molecule has 2 heterocycles. The van der Waals surface area contributed by atoms with Crippen LogP contribution in [0.15, 0.2) is 36.7 Å². The third kappa shape index (κ3) is 2.56. The number of aromatic nitrogens is 2. The van der Waals surface area contributed by atoms with Crippen LogP contribution in [0.5, 0.6) is 0 Å². The molecule has 3 nitrogen and oxygen atoms in total. The highest BCUT2D eigenvalue weighted by Gasteiger charge is 2.20. The van der Waals surface area contributed by atoms with Crippen LogP contribution in [0.2, 0.25) is 0 Å². The van der Waals surface area contributed by atoms with Gasteiger partial charge in [-0.15, -0.1) is 0 Å². The van der Waals surface area contributed by atoms with Gasteiger partial charge in [0.2, 0.25) is 0 Å². The molecule has 0 radical (unpaired) electrons. The Morgan fingerprint density at radius 2 is 2.26 bits per heavy atom. The topological polar surface area (TPSA) is 29.9 Å². The number of benzene rings is 1. The molecule has 1 atom stereocenters. The molecule has 1 aliphatic heterocycles. The molecule has 1 aromatic heterocycles. The summed E-state index contributed by atoms with van der Waals surface area (Å²) in [5.41, 5.74) is 2.93. The first-order valence-electron chi connectivity index (χ1n) is 7.19. The van der Waals surface area contributed by atoms with Crippen LogP contribution in [0.4, 0.5) is 0 Å². The lowest BCUT2D eigenvalue weighted by molar-refractivity contribution is 0.480. The van der Waals surface area contributed by atoms with Gasteiger partial charge in [-0.3, -0.25) is 0 Å². The predicted octanol–water partition coefficient (Wildman–Crippen LogP) is 2.72. The molecule has 19 heavy (non-hydrogen) atoms. The zero-order valence-corrected chi connectivity index (χ0v) is 11.5. The highest BCUT2D eigenvalue weighted by Crippen LogP contribution is 2.25. The maximum Gasteiger partial charge on any atom is 0.110 e. The lowest BCUT2D eigenvalue weighted by Gasteiger charge is -2.27. The summed E-state index contributed by atoms with van der Waals surface area (Å²) in [6, 6.07) is 9.18. The summed E-state index contributed by atoms with van der Waals surface area (Å²) < 4.78 is 2.28. The van der Waals surface area contributed by atoms with Crippen molar-refractivity contribution < 1.29 is 0 Å². The molecule has 1 unspecified atom stereocenters. The number of fused-ring (bicyclic) bond motifs is 1. The summed E-state index contributed by atoms with van der Waals surface area (Å²) in [7, 11) is 0. The predicted molar refractivity (Wildman–Crippen MR) is 77.1 cm³/mol. The van der Waals surface area contributed by atoms with E-state index in [1.54, 1.807) is 0 Å². The summed E-state index contributed by atoms with van der Waals surface area (Å²) in [5.74, 6) is 1.19. The molecule has 0 aliphatic carbocycles. The van der Waals surface area contributed by atoms with Crippen LogP contribution >= 0.6 is 0 Å². The fourth-order valence-corrected chi connectivity index (χ4v) is 2.93. The molecule has 100 valence electrons. The molecule has 0 saturated carbocycles. The first kappa shape index (κ1) is 12.4. The first-order valence-corrected chi connectivity index (χ1v) is 7.19. The standard InChI is InChI=1S/C16H21N3/c1-2-10-19-11-9-18-16(19)12-15-14-6-4-3-5-13(14)7-8-17-15/h3-6,9,11,15,17H,2,7-8,10,12H2,1H3. The Morgan fingerprint density at radius 1 is 1.37 bits per heavy atom. The van der Waals surface area contributed by atoms with Crippen molar-refractivity contribution >= 4 is 0 Å². The van der Waals surface area contributed by atoms with Gasteiger partial charge in [0.25, 0.3) is 0 Å². The minimum Gasteiger partial charge on any atom is -0.335 e. The molecule has 1 N–H and O–H groups in total. The lowest BCUT2D eigenvalue weighted by atomic mass is 9.92. The molecule has 1 aromatic carbocycles. The molecule has 3 heteroatoms. The highest BCUT2D eigenvalue weighted by molar-refractivity contribution is 5.33. The van der Waals surface area contributed by atoms with Crippen molar-refractivity contribution in [1.29, 1.82) is 0 Å². The van der Waals surface area contributed by atoms with Gasteiger partial charge < -0.3 is 9.88 Å². The number of rotatable bonds is 4. The molecule has 3 rings (SSSR count). The molecular weight excluding hydrogens is 234 g/mol. The van der Waals surface area contributed by atoms with E-state index in [1.165, 1.54) is 17.0 Å². The summed E-state index contributed by atoms with van der Waals surface area (Å²) >= 11 is 0. The minimum atomic E-state index is 0.406. The number of aryl methyl sites for hydroxylation is 1. The summed E-state index contributed by atoms with van der Waals surface area (Å²) in [4.78, 5) is 4.52. The second-order valence-electron chi connectivity index (χ2n) is 5.20. The number of imidazole rings is 1. The third-order valence-corrected chi connectivity index (χ3v) is 3.87. The Hall–Kier alpha value is -1.61. The zero-order chi connectivity index (χ0) is 13.1. The lowest BCUT2D eigenvalue weighted by Crippen LogP contribution is -2.31. The van der Waals surface area contributed by atoms with Gasteiger partial charge >= 0.3 is 0 Å². The van der Waals surface area contributed by atoms with Crippen molar-refractivity contribution in [2.24, 2.45) is 0 Å². The van der Waals surface area contributed by atoms with Gasteiger partial charge in [-0.05, 0) is 30.5 Å². The van der Waals surface area contributed by atoms with E-state index in [0.717, 1.165) is 32.4 Å². The van der Waals surface area contributed by atoms with Gasteiger partial charge in [-0.25, -0.2) is 4.98 Å². The average molecular weight is 255 g/mol. The van der Waals surface area contributed by atoms with Crippen molar-refractivity contribution in [3.63, 3.8) is 0 Å². The number of nitrogens with one attached hydrogen (secondary N) is 1. The van der Waals surface area contributed by atoms with Gasteiger partial charge in [-0.1, -0.05) is 31.2 Å². The van der Waals surface area contributed by atoms with Crippen LogP contribution in [0.1, 0.15) is 36.3 Å². The normalized spacial score (nSPS) is 18.3.